The second-order valence-electron chi connectivity index (χ2n) is 3.81. The summed E-state index contributed by atoms with van der Waals surface area (Å²) in [6.07, 6.45) is 0.887. The average Bonchev–Trinajstić information content (AvgIpc) is 2.32. The predicted octanol–water partition coefficient (Wildman–Crippen LogP) is 4.13. The largest absolute Gasteiger partial charge is 0.385 e. The van der Waals surface area contributed by atoms with Crippen LogP contribution in [0.3, 0.4) is 0 Å². The summed E-state index contributed by atoms with van der Waals surface area (Å²) in [4.78, 5) is 0. The van der Waals surface area contributed by atoms with Gasteiger partial charge in [-0.05, 0) is 48.4 Å². The number of nitrogens with one attached hydrogen (secondary N) is 1. The molecule has 0 aliphatic carbocycles. The van der Waals surface area contributed by atoms with Crippen LogP contribution in [-0.4, -0.2) is 6.54 Å². The maximum atomic E-state index is 12.7. The molecule has 88 valence electrons. The lowest BCUT2D eigenvalue weighted by Crippen LogP contribution is -2.04. The molecule has 0 heterocycles. The molecule has 0 saturated carbocycles. The zero-order chi connectivity index (χ0) is 12.1. The van der Waals surface area contributed by atoms with Gasteiger partial charge in [-0.1, -0.05) is 23.7 Å². The SMILES string of the molecule is Fc1ccc(NCCc2cccc(Cl)c2)cc1. The van der Waals surface area contributed by atoms with Crippen molar-refractivity contribution in [3.8, 4) is 0 Å². The minimum absolute atomic E-state index is 0.217. The molecule has 2 rings (SSSR count). The highest BCUT2D eigenvalue weighted by Gasteiger charge is 1.96. The van der Waals surface area contributed by atoms with E-state index in [4.69, 9.17) is 11.6 Å². The Bertz CT molecular complexity index is 482. The van der Waals surface area contributed by atoms with E-state index in [1.165, 1.54) is 17.7 Å². The monoisotopic (exact) mass is 249 g/mol. The zero-order valence-corrected chi connectivity index (χ0v) is 10.0. The van der Waals surface area contributed by atoms with Gasteiger partial charge >= 0.3 is 0 Å². The van der Waals surface area contributed by atoms with Crippen LogP contribution in [0.25, 0.3) is 0 Å². The van der Waals surface area contributed by atoms with Crippen molar-refractivity contribution in [1.82, 2.24) is 0 Å². The number of benzene rings is 2. The van der Waals surface area contributed by atoms with E-state index in [0.29, 0.717) is 0 Å². The Kier molecular flexibility index (Phi) is 3.99. The van der Waals surface area contributed by atoms with Crippen molar-refractivity contribution < 1.29 is 4.39 Å². The molecule has 3 heteroatoms. The highest BCUT2D eigenvalue weighted by atomic mass is 35.5. The molecular weight excluding hydrogens is 237 g/mol. The second-order valence-corrected chi connectivity index (χ2v) is 4.25. The van der Waals surface area contributed by atoms with Gasteiger partial charge in [-0.25, -0.2) is 4.39 Å². The van der Waals surface area contributed by atoms with Gasteiger partial charge in [0.25, 0.3) is 0 Å². The molecule has 0 radical (unpaired) electrons. The van der Waals surface area contributed by atoms with E-state index in [0.717, 1.165) is 23.7 Å². The van der Waals surface area contributed by atoms with E-state index in [9.17, 15) is 4.39 Å². The fourth-order valence-electron chi connectivity index (χ4n) is 1.61. The third kappa shape index (κ3) is 3.75. The molecule has 0 atom stereocenters. The van der Waals surface area contributed by atoms with Crippen molar-refractivity contribution in [2.75, 3.05) is 11.9 Å². The quantitative estimate of drug-likeness (QED) is 0.859. The van der Waals surface area contributed by atoms with Gasteiger partial charge in [0.05, 0.1) is 0 Å². The molecular formula is C14H13ClFN. The summed E-state index contributed by atoms with van der Waals surface area (Å²) in [5.41, 5.74) is 2.11. The van der Waals surface area contributed by atoms with Gasteiger partial charge in [0.15, 0.2) is 0 Å². The van der Waals surface area contributed by atoms with Gasteiger partial charge in [-0.2, -0.15) is 0 Å². The van der Waals surface area contributed by atoms with E-state index in [2.05, 4.69) is 5.32 Å². The zero-order valence-electron chi connectivity index (χ0n) is 9.29. The van der Waals surface area contributed by atoms with Crippen molar-refractivity contribution in [2.24, 2.45) is 0 Å². The van der Waals surface area contributed by atoms with Gasteiger partial charge < -0.3 is 5.32 Å². The summed E-state index contributed by atoms with van der Waals surface area (Å²) < 4.78 is 12.7. The molecule has 0 saturated heterocycles. The highest BCUT2D eigenvalue weighted by molar-refractivity contribution is 6.30. The summed E-state index contributed by atoms with van der Waals surface area (Å²) in [7, 11) is 0. The first-order valence-corrected chi connectivity index (χ1v) is 5.86. The van der Waals surface area contributed by atoms with E-state index in [1.807, 2.05) is 24.3 Å². The Hall–Kier alpha value is -1.54. The third-order valence-electron chi connectivity index (χ3n) is 2.48. The van der Waals surface area contributed by atoms with Crippen molar-refractivity contribution >= 4 is 17.3 Å². The first-order chi connectivity index (χ1) is 8.24. The molecule has 0 fully saturated rings. The molecule has 0 bridgehead atoms. The number of anilines is 1. The molecule has 2 aromatic rings. The van der Waals surface area contributed by atoms with Gasteiger partial charge in [0, 0.05) is 17.3 Å². The van der Waals surface area contributed by atoms with Crippen LogP contribution in [0.1, 0.15) is 5.56 Å². The topological polar surface area (TPSA) is 12.0 Å². The van der Waals surface area contributed by atoms with Crippen molar-refractivity contribution in [3.63, 3.8) is 0 Å². The first kappa shape index (κ1) is 11.9. The number of halogens is 2. The Morgan fingerprint density at radius 3 is 2.53 bits per heavy atom. The Balaban J connectivity index is 1.85. The highest BCUT2D eigenvalue weighted by Crippen LogP contribution is 2.12. The number of rotatable bonds is 4. The summed E-state index contributed by atoms with van der Waals surface area (Å²) >= 11 is 5.90. The Labute approximate surface area is 105 Å². The van der Waals surface area contributed by atoms with Crippen LogP contribution < -0.4 is 5.32 Å². The smallest absolute Gasteiger partial charge is 0.123 e. The van der Waals surface area contributed by atoms with E-state index in [1.54, 1.807) is 12.1 Å². The summed E-state index contributed by atoms with van der Waals surface area (Å²) in [5.74, 6) is -0.217. The van der Waals surface area contributed by atoms with Crippen LogP contribution in [0.15, 0.2) is 48.5 Å². The minimum Gasteiger partial charge on any atom is -0.385 e. The van der Waals surface area contributed by atoms with Crippen LogP contribution in [-0.2, 0) is 6.42 Å². The molecule has 17 heavy (non-hydrogen) atoms. The molecule has 2 aromatic carbocycles. The third-order valence-corrected chi connectivity index (χ3v) is 2.71. The van der Waals surface area contributed by atoms with E-state index >= 15 is 0 Å². The van der Waals surface area contributed by atoms with Gasteiger partial charge in [-0.3, -0.25) is 0 Å². The van der Waals surface area contributed by atoms with Crippen LogP contribution in [0.4, 0.5) is 10.1 Å². The fraction of sp³-hybridized carbons (Fsp3) is 0.143. The molecule has 0 aliphatic rings. The molecule has 0 unspecified atom stereocenters. The maximum Gasteiger partial charge on any atom is 0.123 e. The van der Waals surface area contributed by atoms with E-state index < -0.39 is 0 Å². The number of hydrogen-bond acceptors (Lipinski definition) is 1. The molecule has 1 nitrogen and oxygen atoms in total. The van der Waals surface area contributed by atoms with Gasteiger partial charge in [0.1, 0.15) is 5.82 Å². The lowest BCUT2D eigenvalue weighted by molar-refractivity contribution is 0.628. The van der Waals surface area contributed by atoms with Crippen LogP contribution in [0.2, 0.25) is 5.02 Å². The van der Waals surface area contributed by atoms with Crippen molar-refractivity contribution in [2.45, 2.75) is 6.42 Å². The van der Waals surface area contributed by atoms with E-state index in [-0.39, 0.29) is 5.82 Å². The summed E-state index contributed by atoms with van der Waals surface area (Å²) in [6.45, 7) is 0.798. The molecule has 0 amide bonds. The van der Waals surface area contributed by atoms with Gasteiger partial charge in [-0.15, -0.1) is 0 Å². The average molecular weight is 250 g/mol. The van der Waals surface area contributed by atoms with Crippen molar-refractivity contribution in [3.05, 3.63) is 64.9 Å². The second kappa shape index (κ2) is 5.69. The lowest BCUT2D eigenvalue weighted by atomic mass is 10.1. The normalized spacial score (nSPS) is 10.2. The van der Waals surface area contributed by atoms with Crippen LogP contribution in [0.5, 0.6) is 0 Å². The van der Waals surface area contributed by atoms with Crippen molar-refractivity contribution in [1.29, 1.82) is 0 Å². The number of hydrogen-bond donors (Lipinski definition) is 1. The Morgan fingerprint density at radius 1 is 1.06 bits per heavy atom. The summed E-state index contributed by atoms with van der Waals surface area (Å²) in [6, 6.07) is 14.1. The molecule has 0 spiro atoms. The molecule has 1 N–H and O–H groups in total. The Morgan fingerprint density at radius 2 is 1.82 bits per heavy atom. The lowest BCUT2D eigenvalue weighted by Gasteiger charge is -2.06. The minimum atomic E-state index is -0.217. The molecule has 0 aromatic heterocycles. The maximum absolute atomic E-state index is 12.7. The summed E-state index contributed by atoms with van der Waals surface area (Å²) in [5, 5.41) is 3.98. The fourth-order valence-corrected chi connectivity index (χ4v) is 1.82. The van der Waals surface area contributed by atoms with Gasteiger partial charge in [0.2, 0.25) is 0 Å². The standard InChI is InChI=1S/C14H13ClFN/c15-12-3-1-2-11(10-12)8-9-17-14-6-4-13(16)5-7-14/h1-7,10,17H,8-9H2. The van der Waals surface area contributed by atoms with Crippen LogP contribution in [0, 0.1) is 5.82 Å². The first-order valence-electron chi connectivity index (χ1n) is 5.48. The molecule has 0 aliphatic heterocycles. The van der Waals surface area contributed by atoms with Crippen LogP contribution >= 0.6 is 11.6 Å². The predicted molar refractivity (Wildman–Crippen MR) is 70.0 cm³/mol.